The maximum atomic E-state index is 14.0. The molecule has 0 N–H and O–H groups in total. The van der Waals surface area contributed by atoms with Crippen LogP contribution in [-0.2, 0) is 17.8 Å². The quantitative estimate of drug-likeness (QED) is 0.554. The predicted molar refractivity (Wildman–Crippen MR) is 103 cm³/mol. The van der Waals surface area contributed by atoms with Gasteiger partial charge in [-0.1, -0.05) is 22.8 Å². The van der Waals surface area contributed by atoms with Crippen molar-refractivity contribution in [1.29, 1.82) is 0 Å². The fourth-order valence-electron chi connectivity index (χ4n) is 3.07. The van der Waals surface area contributed by atoms with Crippen LogP contribution in [-0.4, -0.2) is 27.0 Å². The van der Waals surface area contributed by atoms with Crippen molar-refractivity contribution >= 4 is 17.5 Å². The summed E-state index contributed by atoms with van der Waals surface area (Å²) in [5.41, 5.74) is 1.07. The van der Waals surface area contributed by atoms with Crippen LogP contribution >= 0.6 is 11.6 Å². The standard InChI is InChI=1S/C21H18ClF2N3O2/c22-15-4-1-13(2-5-15)21-25-19(29-26-21)9-10-20(28)27(17-7-8-17)12-14-3-6-16(23)11-18(14)24/h1-6,11,17H,7-10,12H2. The van der Waals surface area contributed by atoms with E-state index in [-0.39, 0.29) is 31.3 Å². The van der Waals surface area contributed by atoms with Gasteiger partial charge >= 0.3 is 0 Å². The summed E-state index contributed by atoms with van der Waals surface area (Å²) >= 11 is 5.88. The summed E-state index contributed by atoms with van der Waals surface area (Å²) in [5.74, 6) is -0.623. The van der Waals surface area contributed by atoms with Gasteiger partial charge in [0.2, 0.25) is 17.6 Å². The Balaban J connectivity index is 1.39. The summed E-state index contributed by atoms with van der Waals surface area (Å²) in [6, 6.07) is 10.6. The molecule has 1 saturated carbocycles. The normalized spacial score (nSPS) is 13.5. The summed E-state index contributed by atoms with van der Waals surface area (Å²) < 4.78 is 32.3. The minimum absolute atomic E-state index is 0.0965. The first-order valence-corrected chi connectivity index (χ1v) is 9.69. The molecule has 1 amide bonds. The molecule has 0 aliphatic heterocycles. The molecule has 3 aromatic rings. The van der Waals surface area contributed by atoms with E-state index in [0.29, 0.717) is 22.3 Å². The maximum Gasteiger partial charge on any atom is 0.227 e. The lowest BCUT2D eigenvalue weighted by Crippen LogP contribution is -2.33. The van der Waals surface area contributed by atoms with Gasteiger partial charge in [0.1, 0.15) is 11.6 Å². The number of halogens is 3. The minimum atomic E-state index is -0.645. The number of hydrogen-bond donors (Lipinski definition) is 0. The molecule has 4 rings (SSSR count). The summed E-state index contributed by atoms with van der Waals surface area (Å²) in [7, 11) is 0. The van der Waals surface area contributed by atoms with Gasteiger partial charge in [-0.25, -0.2) is 8.78 Å². The van der Waals surface area contributed by atoms with E-state index < -0.39 is 11.6 Å². The topological polar surface area (TPSA) is 59.2 Å². The number of amides is 1. The first-order valence-electron chi connectivity index (χ1n) is 9.31. The van der Waals surface area contributed by atoms with Crippen LogP contribution < -0.4 is 0 Å². The van der Waals surface area contributed by atoms with Gasteiger partial charge in [0.15, 0.2) is 0 Å². The van der Waals surface area contributed by atoms with E-state index in [4.69, 9.17) is 16.1 Å². The van der Waals surface area contributed by atoms with Crippen LogP contribution in [0.25, 0.3) is 11.4 Å². The van der Waals surface area contributed by atoms with E-state index in [2.05, 4.69) is 10.1 Å². The minimum Gasteiger partial charge on any atom is -0.339 e. The van der Waals surface area contributed by atoms with Crippen LogP contribution in [0.4, 0.5) is 8.78 Å². The van der Waals surface area contributed by atoms with Crippen molar-refractivity contribution < 1.29 is 18.1 Å². The van der Waals surface area contributed by atoms with Crippen molar-refractivity contribution in [3.8, 4) is 11.4 Å². The molecule has 5 nitrogen and oxygen atoms in total. The lowest BCUT2D eigenvalue weighted by Gasteiger charge is -2.22. The van der Waals surface area contributed by atoms with Crippen molar-refractivity contribution in [2.75, 3.05) is 0 Å². The average Bonchev–Trinajstić information content (AvgIpc) is 3.43. The first-order chi connectivity index (χ1) is 14.0. The number of nitrogens with zero attached hydrogens (tertiary/aromatic N) is 3. The number of carbonyl (C=O) groups is 1. The second-order valence-corrected chi connectivity index (χ2v) is 7.44. The second kappa shape index (κ2) is 8.29. The number of hydrogen-bond acceptors (Lipinski definition) is 4. The van der Waals surface area contributed by atoms with Gasteiger partial charge in [0.05, 0.1) is 0 Å². The maximum absolute atomic E-state index is 14.0. The molecule has 0 saturated heterocycles. The highest BCUT2D eigenvalue weighted by Crippen LogP contribution is 2.30. The summed E-state index contributed by atoms with van der Waals surface area (Å²) in [6.07, 6.45) is 2.22. The molecule has 150 valence electrons. The highest BCUT2D eigenvalue weighted by Gasteiger charge is 2.33. The zero-order valence-electron chi connectivity index (χ0n) is 15.4. The Morgan fingerprint density at radius 3 is 2.62 bits per heavy atom. The first kappa shape index (κ1) is 19.5. The Labute approximate surface area is 171 Å². The lowest BCUT2D eigenvalue weighted by molar-refractivity contribution is -0.132. The van der Waals surface area contributed by atoms with Gasteiger partial charge in [0, 0.05) is 47.6 Å². The number of aromatic nitrogens is 2. The number of benzene rings is 2. The van der Waals surface area contributed by atoms with Crippen LogP contribution in [0.3, 0.4) is 0 Å². The molecule has 1 aliphatic rings. The van der Waals surface area contributed by atoms with Crippen molar-refractivity contribution in [1.82, 2.24) is 15.0 Å². The molecule has 0 unspecified atom stereocenters. The molecule has 0 spiro atoms. The van der Waals surface area contributed by atoms with E-state index in [1.165, 1.54) is 12.1 Å². The summed E-state index contributed by atoms with van der Waals surface area (Å²) in [4.78, 5) is 18.7. The van der Waals surface area contributed by atoms with E-state index in [0.717, 1.165) is 24.5 Å². The van der Waals surface area contributed by atoms with Gasteiger partial charge < -0.3 is 9.42 Å². The molecule has 2 aromatic carbocycles. The number of aryl methyl sites for hydroxylation is 1. The molecule has 1 heterocycles. The van der Waals surface area contributed by atoms with Crippen molar-refractivity contribution in [2.45, 2.75) is 38.3 Å². The molecule has 8 heteroatoms. The third-order valence-corrected chi connectivity index (χ3v) is 5.04. The number of carbonyl (C=O) groups excluding carboxylic acids is 1. The van der Waals surface area contributed by atoms with E-state index >= 15 is 0 Å². The van der Waals surface area contributed by atoms with E-state index in [1.54, 1.807) is 29.2 Å². The van der Waals surface area contributed by atoms with Crippen LogP contribution in [0.1, 0.15) is 30.7 Å². The fraction of sp³-hybridized carbons (Fsp3) is 0.286. The zero-order valence-corrected chi connectivity index (χ0v) is 16.2. The largest absolute Gasteiger partial charge is 0.339 e. The molecular formula is C21H18ClF2N3O2. The molecule has 1 fully saturated rings. The van der Waals surface area contributed by atoms with Crippen molar-refractivity contribution in [3.05, 3.63) is 70.6 Å². The fourth-order valence-corrected chi connectivity index (χ4v) is 3.20. The summed E-state index contributed by atoms with van der Waals surface area (Å²) in [6.45, 7) is 0.121. The Morgan fingerprint density at radius 1 is 1.17 bits per heavy atom. The zero-order chi connectivity index (χ0) is 20.4. The monoisotopic (exact) mass is 417 g/mol. The molecule has 1 aliphatic carbocycles. The molecule has 0 atom stereocenters. The van der Waals surface area contributed by atoms with Crippen LogP contribution in [0, 0.1) is 11.6 Å². The van der Waals surface area contributed by atoms with E-state index in [1.807, 2.05) is 0 Å². The van der Waals surface area contributed by atoms with Gasteiger partial charge in [0.25, 0.3) is 0 Å². The third kappa shape index (κ3) is 4.79. The molecule has 0 radical (unpaired) electrons. The van der Waals surface area contributed by atoms with Crippen molar-refractivity contribution in [2.24, 2.45) is 0 Å². The van der Waals surface area contributed by atoms with Crippen LogP contribution in [0.15, 0.2) is 47.0 Å². The molecule has 0 bridgehead atoms. The predicted octanol–water partition coefficient (Wildman–Crippen LogP) is 4.79. The molecule has 29 heavy (non-hydrogen) atoms. The van der Waals surface area contributed by atoms with E-state index in [9.17, 15) is 13.6 Å². The van der Waals surface area contributed by atoms with Gasteiger partial charge in [-0.15, -0.1) is 0 Å². The Morgan fingerprint density at radius 2 is 1.93 bits per heavy atom. The lowest BCUT2D eigenvalue weighted by atomic mass is 10.1. The van der Waals surface area contributed by atoms with Crippen molar-refractivity contribution in [3.63, 3.8) is 0 Å². The van der Waals surface area contributed by atoms with Gasteiger partial charge in [-0.05, 0) is 43.2 Å². The second-order valence-electron chi connectivity index (χ2n) is 7.01. The smallest absolute Gasteiger partial charge is 0.227 e. The Bertz CT molecular complexity index is 1020. The number of rotatable bonds is 7. The van der Waals surface area contributed by atoms with Gasteiger partial charge in [-0.3, -0.25) is 4.79 Å². The SMILES string of the molecule is O=C(CCc1nc(-c2ccc(Cl)cc2)no1)N(Cc1ccc(F)cc1F)C1CC1. The van der Waals surface area contributed by atoms with Crippen LogP contribution in [0.5, 0.6) is 0 Å². The molecular weight excluding hydrogens is 400 g/mol. The van der Waals surface area contributed by atoms with Crippen LogP contribution in [0.2, 0.25) is 5.02 Å². The average molecular weight is 418 g/mol. The Kier molecular flexibility index (Phi) is 5.58. The third-order valence-electron chi connectivity index (χ3n) is 4.79. The highest BCUT2D eigenvalue weighted by atomic mass is 35.5. The Hall–Kier alpha value is -2.80. The van der Waals surface area contributed by atoms with Gasteiger partial charge in [-0.2, -0.15) is 4.98 Å². The molecule has 1 aromatic heterocycles. The highest BCUT2D eigenvalue weighted by molar-refractivity contribution is 6.30. The summed E-state index contributed by atoms with van der Waals surface area (Å²) in [5, 5.41) is 4.55.